The van der Waals surface area contributed by atoms with Crippen molar-refractivity contribution in [2.24, 2.45) is 0 Å². The Hall–Kier alpha value is -2.68. The first-order valence-electron chi connectivity index (χ1n) is 8.86. The molecule has 0 aliphatic carbocycles. The van der Waals surface area contributed by atoms with Gasteiger partial charge in [0.25, 0.3) is 11.8 Å². The Balaban J connectivity index is 2.54. The molecule has 1 aromatic rings. The highest BCUT2D eigenvalue weighted by atomic mass is 32.2. The van der Waals surface area contributed by atoms with Gasteiger partial charge in [0.2, 0.25) is 0 Å². The number of nitrogens with zero attached hydrogens (tertiary/aromatic N) is 1. The predicted molar refractivity (Wildman–Crippen MR) is 92.3 cm³/mol. The largest absolute Gasteiger partial charge is 0.464 e. The number of hydroxylamine groups is 2. The molecular weight excluding hydrogens is 476 g/mol. The summed E-state index contributed by atoms with van der Waals surface area (Å²) >= 11 is 0. The van der Waals surface area contributed by atoms with E-state index in [2.05, 4.69) is 9.02 Å². The van der Waals surface area contributed by atoms with Gasteiger partial charge in [0.1, 0.15) is 0 Å². The minimum absolute atomic E-state index is 0.145. The minimum Gasteiger partial charge on any atom is -0.464 e. The van der Waals surface area contributed by atoms with Gasteiger partial charge in [0, 0.05) is 0 Å². The Morgan fingerprint density at radius 2 is 1.41 bits per heavy atom. The number of imide groups is 1. The molecule has 0 aromatic heterocycles. The lowest BCUT2D eigenvalue weighted by atomic mass is 10.1. The number of carbonyl (C=O) groups is 3. The number of esters is 1. The van der Waals surface area contributed by atoms with Crippen LogP contribution in [0.15, 0.2) is 24.3 Å². The molecule has 32 heavy (non-hydrogen) atoms. The molecule has 0 fully saturated rings. The second-order valence-corrected chi connectivity index (χ2v) is 8.17. The zero-order valence-electron chi connectivity index (χ0n) is 16.1. The molecule has 0 bridgehead atoms. The van der Waals surface area contributed by atoms with E-state index < -0.39 is 67.8 Å². The van der Waals surface area contributed by atoms with Crippen molar-refractivity contribution in [3.63, 3.8) is 0 Å². The molecule has 2 rings (SSSR count). The Kier molecular flexibility index (Phi) is 6.95. The molecule has 0 unspecified atom stereocenters. The lowest BCUT2D eigenvalue weighted by Crippen LogP contribution is -2.68. The first kappa shape index (κ1) is 25.6. The number of unbranched alkanes of at least 4 members (excludes halogenated alkanes) is 2. The van der Waals surface area contributed by atoms with Crippen LogP contribution in [0.5, 0.6) is 0 Å². The number of benzene rings is 1. The number of hydrogen-bond acceptors (Lipinski definition) is 7. The molecule has 1 aliphatic heterocycles. The van der Waals surface area contributed by atoms with E-state index in [1.807, 2.05) is 0 Å². The van der Waals surface area contributed by atoms with E-state index in [1.54, 1.807) is 6.92 Å². The van der Waals surface area contributed by atoms with Crippen molar-refractivity contribution in [2.75, 3.05) is 6.61 Å². The van der Waals surface area contributed by atoms with Crippen LogP contribution < -0.4 is 0 Å². The van der Waals surface area contributed by atoms with Crippen LogP contribution >= 0.6 is 0 Å². The molecule has 1 heterocycles. The van der Waals surface area contributed by atoms with E-state index in [-0.39, 0.29) is 12.8 Å². The van der Waals surface area contributed by atoms with Gasteiger partial charge in [-0.05, 0) is 18.6 Å². The van der Waals surface area contributed by atoms with Crippen molar-refractivity contribution in [2.45, 2.75) is 43.3 Å². The average molecular weight is 491 g/mol. The second-order valence-electron chi connectivity index (χ2n) is 6.50. The van der Waals surface area contributed by atoms with Gasteiger partial charge in [0.05, 0.1) is 17.7 Å². The number of hydrogen-bond donors (Lipinski definition) is 0. The lowest BCUT2D eigenvalue weighted by Gasteiger charge is -2.33. The third kappa shape index (κ3) is 4.05. The smallest absolute Gasteiger partial charge is 0.430 e. The molecule has 0 saturated heterocycles. The SMILES string of the molecule is CCCCCOC(=O)C(C(F)(F)F)(C(F)(F)F)S(=O)(=O)ON1C(=O)c2ccccc2C1=O. The summed E-state index contributed by atoms with van der Waals surface area (Å²) in [6.07, 6.45) is -13.1. The van der Waals surface area contributed by atoms with Gasteiger partial charge >= 0.3 is 33.2 Å². The molecule has 0 N–H and O–H groups in total. The molecule has 178 valence electrons. The molecule has 0 spiro atoms. The summed E-state index contributed by atoms with van der Waals surface area (Å²) < 4.78 is 108. The Labute approximate surface area is 177 Å². The summed E-state index contributed by atoms with van der Waals surface area (Å²) in [6.45, 7) is 0.695. The summed E-state index contributed by atoms with van der Waals surface area (Å²) in [5, 5.41) is -0.781. The molecule has 15 heteroatoms. The molecule has 2 amide bonds. The van der Waals surface area contributed by atoms with E-state index in [0.29, 0.717) is 6.42 Å². The lowest BCUT2D eigenvalue weighted by molar-refractivity contribution is -0.270. The highest BCUT2D eigenvalue weighted by molar-refractivity contribution is 7.89. The standard InChI is InChI=1S/C17H15F6NO7S/c1-2-3-6-9-30-14(27)15(16(18,19)20,17(21,22)23)32(28,29)31-24-12(25)10-7-4-5-8-11(10)13(24)26/h4-5,7-8H,2-3,6,9H2,1H3. The molecule has 0 atom stereocenters. The van der Waals surface area contributed by atoms with Crippen molar-refractivity contribution < 1.29 is 58.2 Å². The Bertz CT molecular complexity index is 970. The third-order valence-electron chi connectivity index (χ3n) is 4.37. The zero-order valence-corrected chi connectivity index (χ0v) is 16.9. The van der Waals surface area contributed by atoms with Gasteiger partial charge < -0.3 is 4.74 Å². The highest BCUT2D eigenvalue weighted by Gasteiger charge is 2.86. The number of carbonyl (C=O) groups excluding carboxylic acids is 3. The number of halogens is 6. The van der Waals surface area contributed by atoms with Gasteiger partial charge in [-0.15, -0.1) is 9.35 Å². The van der Waals surface area contributed by atoms with Crippen LogP contribution in [0.4, 0.5) is 26.3 Å². The van der Waals surface area contributed by atoms with E-state index in [4.69, 9.17) is 0 Å². The van der Waals surface area contributed by atoms with Crippen LogP contribution in [0.3, 0.4) is 0 Å². The van der Waals surface area contributed by atoms with Crippen LogP contribution in [0.1, 0.15) is 46.9 Å². The highest BCUT2D eigenvalue weighted by Crippen LogP contribution is 2.50. The molecular formula is C17H15F6NO7S. The van der Waals surface area contributed by atoms with Crippen LogP contribution in [-0.4, -0.2) is 55.0 Å². The van der Waals surface area contributed by atoms with Crippen LogP contribution in [0.25, 0.3) is 0 Å². The van der Waals surface area contributed by atoms with Crippen molar-refractivity contribution in [1.82, 2.24) is 5.06 Å². The fourth-order valence-electron chi connectivity index (χ4n) is 2.79. The Morgan fingerprint density at radius 3 is 1.81 bits per heavy atom. The average Bonchev–Trinajstić information content (AvgIpc) is 2.88. The number of rotatable bonds is 8. The van der Waals surface area contributed by atoms with Crippen molar-refractivity contribution in [3.05, 3.63) is 35.4 Å². The third-order valence-corrected chi connectivity index (χ3v) is 6.10. The summed E-state index contributed by atoms with van der Waals surface area (Å²) in [5.41, 5.74) is -1.06. The molecule has 1 aromatic carbocycles. The minimum atomic E-state index is -7.15. The van der Waals surface area contributed by atoms with Gasteiger partial charge in [-0.25, -0.2) is 4.79 Å². The number of alkyl halides is 6. The predicted octanol–water partition coefficient (Wildman–Crippen LogP) is 3.14. The fraction of sp³-hybridized carbons (Fsp3) is 0.471. The summed E-state index contributed by atoms with van der Waals surface area (Å²) in [7, 11) is -7.15. The zero-order chi connectivity index (χ0) is 24.5. The van der Waals surface area contributed by atoms with Crippen LogP contribution in [0.2, 0.25) is 0 Å². The van der Waals surface area contributed by atoms with E-state index in [0.717, 1.165) is 12.1 Å². The quantitative estimate of drug-likeness (QED) is 0.238. The summed E-state index contributed by atoms with van der Waals surface area (Å²) in [6, 6.07) is 4.33. The normalized spacial score (nSPS) is 15.2. The molecule has 1 aliphatic rings. The molecule has 0 saturated carbocycles. The van der Waals surface area contributed by atoms with Crippen molar-refractivity contribution >= 4 is 27.9 Å². The van der Waals surface area contributed by atoms with Gasteiger partial charge in [-0.3, -0.25) is 9.59 Å². The number of fused-ring (bicyclic) bond motifs is 1. The number of ether oxygens (including phenoxy) is 1. The molecule has 0 radical (unpaired) electrons. The summed E-state index contributed by atoms with van der Waals surface area (Å²) in [5.74, 6) is -6.49. The first-order valence-corrected chi connectivity index (χ1v) is 10.3. The van der Waals surface area contributed by atoms with E-state index in [1.165, 1.54) is 12.1 Å². The maximum Gasteiger partial charge on any atom is 0.430 e. The van der Waals surface area contributed by atoms with Gasteiger partial charge in [-0.1, -0.05) is 31.9 Å². The van der Waals surface area contributed by atoms with Crippen LogP contribution in [-0.2, 0) is 23.9 Å². The fourth-order valence-corrected chi connectivity index (χ4v) is 4.06. The van der Waals surface area contributed by atoms with Crippen molar-refractivity contribution in [1.29, 1.82) is 0 Å². The van der Waals surface area contributed by atoms with Crippen LogP contribution in [0, 0.1) is 0 Å². The van der Waals surface area contributed by atoms with Gasteiger partial charge in [0.15, 0.2) is 0 Å². The second kappa shape index (κ2) is 8.69. The van der Waals surface area contributed by atoms with Gasteiger partial charge in [-0.2, -0.15) is 34.8 Å². The molecule has 8 nitrogen and oxygen atoms in total. The maximum atomic E-state index is 13.7. The monoisotopic (exact) mass is 491 g/mol. The topological polar surface area (TPSA) is 107 Å². The first-order chi connectivity index (χ1) is 14.6. The maximum absolute atomic E-state index is 13.7. The van der Waals surface area contributed by atoms with E-state index >= 15 is 0 Å². The number of amides is 2. The Morgan fingerprint density at radius 1 is 0.938 bits per heavy atom. The summed E-state index contributed by atoms with van der Waals surface area (Å²) in [4.78, 5) is 36.3. The van der Waals surface area contributed by atoms with Crippen molar-refractivity contribution in [3.8, 4) is 0 Å². The van der Waals surface area contributed by atoms with E-state index in [9.17, 15) is 49.1 Å².